The van der Waals surface area contributed by atoms with Gasteiger partial charge in [0.25, 0.3) is 0 Å². The standard InChI is InChI=1S/C14H19BrFN/c1-9(2)7-17-8-11-5-12(11)10-3-4-14(16)13(15)6-10/h3-4,6,9,11-12,17H,5,7-8H2,1-2H3. The Morgan fingerprint density at radius 1 is 1.47 bits per heavy atom. The molecule has 2 unspecified atom stereocenters. The van der Waals surface area contributed by atoms with Crippen LogP contribution in [0, 0.1) is 17.7 Å². The van der Waals surface area contributed by atoms with Crippen LogP contribution in [0.25, 0.3) is 0 Å². The Hall–Kier alpha value is -0.410. The van der Waals surface area contributed by atoms with E-state index in [9.17, 15) is 4.39 Å². The molecule has 0 spiro atoms. The third kappa shape index (κ3) is 3.52. The third-order valence-electron chi connectivity index (χ3n) is 3.25. The number of rotatable bonds is 5. The summed E-state index contributed by atoms with van der Waals surface area (Å²) in [4.78, 5) is 0. The van der Waals surface area contributed by atoms with Crippen LogP contribution in [0.1, 0.15) is 31.7 Å². The van der Waals surface area contributed by atoms with E-state index in [1.165, 1.54) is 12.0 Å². The Balaban J connectivity index is 1.83. The minimum atomic E-state index is -0.177. The predicted octanol–water partition coefficient (Wildman–Crippen LogP) is 3.94. The maximum atomic E-state index is 13.1. The lowest BCUT2D eigenvalue weighted by Gasteiger charge is -2.07. The fourth-order valence-electron chi connectivity index (χ4n) is 2.18. The van der Waals surface area contributed by atoms with E-state index in [4.69, 9.17) is 0 Å². The zero-order valence-electron chi connectivity index (χ0n) is 10.3. The quantitative estimate of drug-likeness (QED) is 0.868. The average molecular weight is 300 g/mol. The lowest BCUT2D eigenvalue weighted by Crippen LogP contribution is -2.22. The van der Waals surface area contributed by atoms with Crippen LogP contribution in [0.2, 0.25) is 0 Å². The first-order valence-corrected chi connectivity index (χ1v) is 7.03. The predicted molar refractivity (Wildman–Crippen MR) is 72.7 cm³/mol. The van der Waals surface area contributed by atoms with E-state index in [2.05, 4.69) is 35.1 Å². The fraction of sp³-hybridized carbons (Fsp3) is 0.571. The Bertz CT molecular complexity index is 392. The molecule has 1 N–H and O–H groups in total. The van der Waals surface area contributed by atoms with Crippen molar-refractivity contribution in [1.82, 2.24) is 5.32 Å². The first-order valence-electron chi connectivity index (χ1n) is 6.23. The normalized spacial score (nSPS) is 23.1. The molecule has 17 heavy (non-hydrogen) atoms. The highest BCUT2D eigenvalue weighted by Crippen LogP contribution is 2.47. The van der Waals surface area contributed by atoms with Crippen molar-refractivity contribution < 1.29 is 4.39 Å². The van der Waals surface area contributed by atoms with Gasteiger partial charge in [-0.3, -0.25) is 0 Å². The van der Waals surface area contributed by atoms with Gasteiger partial charge in [0.2, 0.25) is 0 Å². The zero-order valence-corrected chi connectivity index (χ0v) is 11.9. The second kappa shape index (κ2) is 5.49. The molecule has 0 radical (unpaired) electrons. The van der Waals surface area contributed by atoms with Gasteiger partial charge in [-0.15, -0.1) is 0 Å². The summed E-state index contributed by atoms with van der Waals surface area (Å²) in [5, 5.41) is 3.49. The minimum absolute atomic E-state index is 0.177. The molecule has 0 heterocycles. The second-order valence-electron chi connectivity index (χ2n) is 5.33. The van der Waals surface area contributed by atoms with Gasteiger partial charge in [0.05, 0.1) is 4.47 Å². The summed E-state index contributed by atoms with van der Waals surface area (Å²) in [7, 11) is 0. The van der Waals surface area contributed by atoms with Crippen molar-refractivity contribution in [1.29, 1.82) is 0 Å². The van der Waals surface area contributed by atoms with E-state index >= 15 is 0 Å². The molecule has 94 valence electrons. The summed E-state index contributed by atoms with van der Waals surface area (Å²) < 4.78 is 13.7. The fourth-order valence-corrected chi connectivity index (χ4v) is 2.58. The van der Waals surface area contributed by atoms with Crippen LogP contribution < -0.4 is 5.32 Å². The summed E-state index contributed by atoms with van der Waals surface area (Å²) in [6, 6.07) is 5.38. The van der Waals surface area contributed by atoms with E-state index < -0.39 is 0 Å². The van der Waals surface area contributed by atoms with E-state index in [0.29, 0.717) is 16.3 Å². The molecule has 1 aromatic carbocycles. The molecule has 1 nitrogen and oxygen atoms in total. The third-order valence-corrected chi connectivity index (χ3v) is 3.86. The van der Waals surface area contributed by atoms with Crippen LogP contribution in [-0.4, -0.2) is 13.1 Å². The molecule has 1 aromatic rings. The maximum absolute atomic E-state index is 13.1. The van der Waals surface area contributed by atoms with E-state index in [-0.39, 0.29) is 5.82 Å². The molecule has 0 bridgehead atoms. The number of halogens is 2. The zero-order chi connectivity index (χ0) is 12.4. The van der Waals surface area contributed by atoms with Crippen LogP contribution in [0.3, 0.4) is 0 Å². The average Bonchev–Trinajstić information content (AvgIpc) is 3.01. The molecule has 1 aliphatic rings. The van der Waals surface area contributed by atoms with Crippen molar-refractivity contribution >= 4 is 15.9 Å². The molecule has 0 saturated heterocycles. The summed E-state index contributed by atoms with van der Waals surface area (Å²) in [5.41, 5.74) is 1.26. The Morgan fingerprint density at radius 3 is 2.88 bits per heavy atom. The smallest absolute Gasteiger partial charge is 0.137 e. The second-order valence-corrected chi connectivity index (χ2v) is 6.18. The number of nitrogens with one attached hydrogen (secondary N) is 1. The largest absolute Gasteiger partial charge is 0.316 e. The highest BCUT2D eigenvalue weighted by molar-refractivity contribution is 9.10. The van der Waals surface area contributed by atoms with Crippen molar-refractivity contribution in [3.63, 3.8) is 0 Å². The van der Waals surface area contributed by atoms with Crippen LogP contribution in [0.4, 0.5) is 4.39 Å². The Labute approximate surface area is 111 Å². The van der Waals surface area contributed by atoms with Crippen molar-refractivity contribution in [3.8, 4) is 0 Å². The van der Waals surface area contributed by atoms with Gasteiger partial charge >= 0.3 is 0 Å². The lowest BCUT2D eigenvalue weighted by molar-refractivity contribution is 0.532. The Morgan fingerprint density at radius 2 is 2.24 bits per heavy atom. The van der Waals surface area contributed by atoms with E-state index in [1.807, 2.05) is 12.1 Å². The van der Waals surface area contributed by atoms with Crippen molar-refractivity contribution in [3.05, 3.63) is 34.1 Å². The van der Waals surface area contributed by atoms with Gasteiger partial charge in [-0.1, -0.05) is 19.9 Å². The summed E-state index contributed by atoms with van der Waals surface area (Å²) >= 11 is 3.24. The first-order chi connectivity index (χ1) is 8.08. The Kier molecular flexibility index (Phi) is 4.21. The van der Waals surface area contributed by atoms with Crippen molar-refractivity contribution in [2.45, 2.75) is 26.2 Å². The number of benzene rings is 1. The first kappa shape index (κ1) is 13.0. The molecule has 1 saturated carbocycles. The van der Waals surface area contributed by atoms with Crippen molar-refractivity contribution in [2.75, 3.05) is 13.1 Å². The molecule has 2 atom stereocenters. The molecular weight excluding hydrogens is 281 g/mol. The van der Waals surface area contributed by atoms with Crippen LogP contribution in [0.15, 0.2) is 22.7 Å². The molecule has 0 amide bonds. The molecule has 1 fully saturated rings. The molecular formula is C14H19BrFN. The van der Waals surface area contributed by atoms with Gasteiger partial charge in [-0.2, -0.15) is 0 Å². The van der Waals surface area contributed by atoms with E-state index in [1.54, 1.807) is 6.07 Å². The van der Waals surface area contributed by atoms with E-state index in [0.717, 1.165) is 19.0 Å². The molecule has 0 aliphatic heterocycles. The number of hydrogen-bond donors (Lipinski definition) is 1. The van der Waals surface area contributed by atoms with Gasteiger partial charge in [0.1, 0.15) is 5.82 Å². The highest BCUT2D eigenvalue weighted by Gasteiger charge is 2.37. The van der Waals surface area contributed by atoms with Gasteiger partial charge in [0, 0.05) is 0 Å². The van der Waals surface area contributed by atoms with Crippen molar-refractivity contribution in [2.24, 2.45) is 11.8 Å². The summed E-state index contributed by atoms with van der Waals surface area (Å²) in [6.45, 7) is 6.59. The SMILES string of the molecule is CC(C)CNCC1CC1c1ccc(F)c(Br)c1. The lowest BCUT2D eigenvalue weighted by atomic mass is 10.1. The van der Waals surface area contributed by atoms with Gasteiger partial charge in [-0.25, -0.2) is 4.39 Å². The minimum Gasteiger partial charge on any atom is -0.316 e. The molecule has 2 rings (SSSR count). The molecule has 1 aliphatic carbocycles. The summed E-state index contributed by atoms with van der Waals surface area (Å²) in [6.07, 6.45) is 1.23. The van der Waals surface area contributed by atoms with Gasteiger partial charge in [-0.05, 0) is 70.9 Å². The van der Waals surface area contributed by atoms with Crippen LogP contribution >= 0.6 is 15.9 Å². The topological polar surface area (TPSA) is 12.0 Å². The van der Waals surface area contributed by atoms with Crippen LogP contribution in [-0.2, 0) is 0 Å². The number of hydrogen-bond acceptors (Lipinski definition) is 1. The maximum Gasteiger partial charge on any atom is 0.137 e. The monoisotopic (exact) mass is 299 g/mol. The molecule has 3 heteroatoms. The molecule has 0 aromatic heterocycles. The van der Waals surface area contributed by atoms with Gasteiger partial charge < -0.3 is 5.32 Å². The summed E-state index contributed by atoms with van der Waals surface area (Å²) in [5.74, 6) is 1.87. The van der Waals surface area contributed by atoms with Gasteiger partial charge in [0.15, 0.2) is 0 Å². The van der Waals surface area contributed by atoms with Crippen LogP contribution in [0.5, 0.6) is 0 Å². The highest BCUT2D eigenvalue weighted by atomic mass is 79.9.